The maximum atomic E-state index is 13.5. The van der Waals surface area contributed by atoms with E-state index >= 15 is 0 Å². The molecule has 1 saturated carbocycles. The second kappa shape index (κ2) is 5.36. The number of rotatable bonds is 3. The van der Waals surface area contributed by atoms with E-state index in [1.807, 2.05) is 0 Å². The van der Waals surface area contributed by atoms with Gasteiger partial charge in [-0.25, -0.2) is 4.39 Å². The van der Waals surface area contributed by atoms with E-state index in [4.69, 9.17) is 0 Å². The fourth-order valence-electron chi connectivity index (χ4n) is 2.28. The number of halogens is 2. The van der Waals surface area contributed by atoms with Crippen molar-refractivity contribution in [2.24, 2.45) is 0 Å². The summed E-state index contributed by atoms with van der Waals surface area (Å²) in [5.41, 5.74) is -0.231. The zero-order chi connectivity index (χ0) is 12.3. The summed E-state index contributed by atoms with van der Waals surface area (Å²) in [5.74, 6) is -0.285. The Morgan fingerprint density at radius 1 is 1.29 bits per heavy atom. The molecule has 2 rings (SSSR count). The maximum Gasteiger partial charge on any atom is 0.146 e. The molecule has 1 aliphatic rings. The molecule has 2 N–H and O–H groups in total. The highest BCUT2D eigenvalue weighted by Crippen LogP contribution is 2.29. The van der Waals surface area contributed by atoms with Crippen LogP contribution in [0.25, 0.3) is 0 Å². The van der Waals surface area contributed by atoms with Gasteiger partial charge in [-0.2, -0.15) is 0 Å². The van der Waals surface area contributed by atoms with Crippen LogP contribution in [0.3, 0.4) is 0 Å². The van der Waals surface area contributed by atoms with Crippen LogP contribution in [0.5, 0.6) is 0 Å². The van der Waals surface area contributed by atoms with Gasteiger partial charge in [0.05, 0.1) is 11.3 Å². The highest BCUT2D eigenvalue weighted by molar-refractivity contribution is 9.10. The molecular weight excluding hydrogens is 285 g/mol. The van der Waals surface area contributed by atoms with Crippen LogP contribution < -0.4 is 5.32 Å². The van der Waals surface area contributed by atoms with Gasteiger partial charge in [-0.15, -0.1) is 0 Å². The summed E-state index contributed by atoms with van der Waals surface area (Å²) < 4.78 is 14.3. The molecule has 4 heteroatoms. The first kappa shape index (κ1) is 12.8. The molecule has 94 valence electrons. The average Bonchev–Trinajstić information content (AvgIpc) is 2.31. The van der Waals surface area contributed by atoms with Crippen LogP contribution in [0.1, 0.15) is 32.1 Å². The molecule has 2 nitrogen and oxygen atoms in total. The first-order valence-electron chi connectivity index (χ1n) is 6.00. The lowest BCUT2D eigenvalue weighted by molar-refractivity contribution is 0.0167. The Bertz CT molecular complexity index is 391. The highest BCUT2D eigenvalue weighted by Gasteiger charge is 2.28. The molecule has 0 saturated heterocycles. The van der Waals surface area contributed by atoms with Crippen LogP contribution in [-0.4, -0.2) is 17.3 Å². The molecule has 0 aliphatic heterocycles. The van der Waals surface area contributed by atoms with Gasteiger partial charge in [0, 0.05) is 11.0 Å². The zero-order valence-electron chi connectivity index (χ0n) is 9.68. The predicted molar refractivity (Wildman–Crippen MR) is 70.6 cm³/mol. The summed E-state index contributed by atoms with van der Waals surface area (Å²) in [7, 11) is 0. The quantitative estimate of drug-likeness (QED) is 0.892. The van der Waals surface area contributed by atoms with Gasteiger partial charge in [-0.3, -0.25) is 0 Å². The molecular formula is C13H17BrFNO. The fourth-order valence-corrected chi connectivity index (χ4v) is 2.64. The Labute approximate surface area is 109 Å². The zero-order valence-corrected chi connectivity index (χ0v) is 11.3. The number of benzene rings is 1. The van der Waals surface area contributed by atoms with E-state index in [-0.39, 0.29) is 5.82 Å². The molecule has 0 heterocycles. The van der Waals surface area contributed by atoms with Crippen molar-refractivity contribution in [3.63, 3.8) is 0 Å². The normalized spacial score (nSPS) is 19.0. The molecule has 1 aromatic carbocycles. The van der Waals surface area contributed by atoms with Crippen LogP contribution >= 0.6 is 15.9 Å². The van der Waals surface area contributed by atoms with Crippen molar-refractivity contribution in [2.75, 3.05) is 11.9 Å². The van der Waals surface area contributed by atoms with E-state index in [0.29, 0.717) is 12.2 Å². The summed E-state index contributed by atoms with van der Waals surface area (Å²) in [5, 5.41) is 13.3. The van der Waals surface area contributed by atoms with Gasteiger partial charge in [0.2, 0.25) is 0 Å². The average molecular weight is 302 g/mol. The molecule has 0 radical (unpaired) electrons. The van der Waals surface area contributed by atoms with Gasteiger partial charge in [-0.1, -0.05) is 35.2 Å². The predicted octanol–water partition coefficient (Wildman–Crippen LogP) is 3.70. The van der Waals surface area contributed by atoms with E-state index < -0.39 is 5.60 Å². The van der Waals surface area contributed by atoms with Crippen LogP contribution in [0, 0.1) is 5.82 Å². The standard InChI is InChI=1S/C13H17BrFNO/c14-10-4-5-11(15)12(8-10)16-9-13(17)6-2-1-3-7-13/h4-5,8,16-17H,1-3,6-7,9H2. The second-order valence-corrected chi connectivity index (χ2v) is 5.68. The lowest BCUT2D eigenvalue weighted by Gasteiger charge is -2.32. The lowest BCUT2D eigenvalue weighted by Crippen LogP contribution is -2.38. The number of hydrogen-bond acceptors (Lipinski definition) is 2. The molecule has 0 spiro atoms. The van der Waals surface area contributed by atoms with Crippen molar-refractivity contribution < 1.29 is 9.50 Å². The van der Waals surface area contributed by atoms with Gasteiger partial charge >= 0.3 is 0 Å². The molecule has 0 bridgehead atoms. The SMILES string of the molecule is OC1(CNc2cc(Br)ccc2F)CCCCC1. The largest absolute Gasteiger partial charge is 0.388 e. The molecule has 1 aromatic rings. The summed E-state index contributed by atoms with van der Waals surface area (Å²) in [4.78, 5) is 0. The van der Waals surface area contributed by atoms with Gasteiger partial charge < -0.3 is 10.4 Å². The third-order valence-electron chi connectivity index (χ3n) is 3.32. The summed E-state index contributed by atoms with van der Waals surface area (Å²) in [6, 6.07) is 4.77. The van der Waals surface area contributed by atoms with E-state index in [1.165, 1.54) is 12.5 Å². The van der Waals surface area contributed by atoms with Crippen LogP contribution in [0.15, 0.2) is 22.7 Å². The summed E-state index contributed by atoms with van der Waals surface area (Å²) >= 11 is 3.31. The van der Waals surface area contributed by atoms with E-state index in [1.54, 1.807) is 12.1 Å². The van der Waals surface area contributed by atoms with Crippen molar-refractivity contribution >= 4 is 21.6 Å². The topological polar surface area (TPSA) is 32.3 Å². The molecule has 1 aliphatic carbocycles. The molecule has 0 aromatic heterocycles. The Hall–Kier alpha value is -0.610. The van der Waals surface area contributed by atoms with Crippen LogP contribution in [-0.2, 0) is 0 Å². The monoisotopic (exact) mass is 301 g/mol. The van der Waals surface area contributed by atoms with Crippen molar-refractivity contribution in [1.29, 1.82) is 0 Å². The first-order chi connectivity index (χ1) is 8.09. The molecule has 17 heavy (non-hydrogen) atoms. The van der Waals surface area contributed by atoms with Crippen LogP contribution in [0.2, 0.25) is 0 Å². The van der Waals surface area contributed by atoms with Crippen molar-refractivity contribution in [3.05, 3.63) is 28.5 Å². The minimum Gasteiger partial charge on any atom is -0.388 e. The van der Waals surface area contributed by atoms with E-state index in [0.717, 1.165) is 30.2 Å². The molecule has 0 amide bonds. The Morgan fingerprint density at radius 2 is 2.00 bits per heavy atom. The van der Waals surface area contributed by atoms with Gasteiger partial charge in [0.25, 0.3) is 0 Å². The minimum atomic E-state index is -0.674. The second-order valence-electron chi connectivity index (χ2n) is 4.76. The summed E-state index contributed by atoms with van der Waals surface area (Å²) in [6.07, 6.45) is 4.90. The van der Waals surface area contributed by atoms with Gasteiger partial charge in [-0.05, 0) is 31.0 Å². The van der Waals surface area contributed by atoms with Crippen molar-refractivity contribution in [3.8, 4) is 0 Å². The first-order valence-corrected chi connectivity index (χ1v) is 6.80. The van der Waals surface area contributed by atoms with Gasteiger partial charge in [0.15, 0.2) is 0 Å². The maximum absolute atomic E-state index is 13.5. The Kier molecular flexibility index (Phi) is 4.05. The van der Waals surface area contributed by atoms with Crippen molar-refractivity contribution in [1.82, 2.24) is 0 Å². The van der Waals surface area contributed by atoms with E-state index in [9.17, 15) is 9.50 Å². The van der Waals surface area contributed by atoms with Crippen LogP contribution in [0.4, 0.5) is 10.1 Å². The third kappa shape index (κ3) is 3.42. The highest BCUT2D eigenvalue weighted by atomic mass is 79.9. The number of hydrogen-bond donors (Lipinski definition) is 2. The fraction of sp³-hybridized carbons (Fsp3) is 0.538. The van der Waals surface area contributed by atoms with Crippen molar-refractivity contribution in [2.45, 2.75) is 37.7 Å². The lowest BCUT2D eigenvalue weighted by atomic mass is 9.85. The minimum absolute atomic E-state index is 0.285. The molecule has 1 fully saturated rings. The smallest absolute Gasteiger partial charge is 0.146 e. The Balaban J connectivity index is 1.99. The molecule has 0 unspecified atom stereocenters. The summed E-state index contributed by atoms with van der Waals surface area (Å²) in [6.45, 7) is 0.417. The number of aliphatic hydroxyl groups is 1. The molecule has 0 atom stereocenters. The third-order valence-corrected chi connectivity index (χ3v) is 3.81. The number of nitrogens with one attached hydrogen (secondary N) is 1. The van der Waals surface area contributed by atoms with E-state index in [2.05, 4.69) is 21.2 Å². The Morgan fingerprint density at radius 3 is 2.71 bits per heavy atom. The number of anilines is 1. The van der Waals surface area contributed by atoms with Gasteiger partial charge in [0.1, 0.15) is 5.82 Å².